The standard InChI is InChI=1S/C7H10ClNO4S2/c1-3-13-6(10)5-4(2)14-7(9-5)15(8,11)12/h6,10H,3H2,1-2H3. The second-order valence-corrected chi connectivity index (χ2v) is 6.61. The Hall–Kier alpha value is -0.210. The van der Waals surface area contributed by atoms with E-state index in [4.69, 9.17) is 15.4 Å². The minimum Gasteiger partial charge on any atom is -0.363 e. The van der Waals surface area contributed by atoms with Crippen molar-refractivity contribution in [1.29, 1.82) is 0 Å². The summed E-state index contributed by atoms with van der Waals surface area (Å²) in [6.07, 6.45) is -1.21. The van der Waals surface area contributed by atoms with Crippen molar-refractivity contribution in [3.8, 4) is 0 Å². The van der Waals surface area contributed by atoms with Crippen LogP contribution in [0.1, 0.15) is 23.8 Å². The van der Waals surface area contributed by atoms with Crippen molar-refractivity contribution in [2.75, 3.05) is 6.61 Å². The Kier molecular flexibility index (Phi) is 4.07. The average molecular weight is 272 g/mol. The maximum Gasteiger partial charge on any atom is 0.288 e. The molecule has 0 saturated carbocycles. The molecular weight excluding hydrogens is 262 g/mol. The van der Waals surface area contributed by atoms with E-state index in [1.165, 1.54) is 0 Å². The number of thiazole rings is 1. The highest BCUT2D eigenvalue weighted by atomic mass is 35.7. The summed E-state index contributed by atoms with van der Waals surface area (Å²) in [6, 6.07) is 0. The Labute approximate surface area is 96.1 Å². The molecule has 1 unspecified atom stereocenters. The lowest BCUT2D eigenvalue weighted by Crippen LogP contribution is -2.05. The largest absolute Gasteiger partial charge is 0.363 e. The van der Waals surface area contributed by atoms with E-state index in [1.54, 1.807) is 13.8 Å². The van der Waals surface area contributed by atoms with Crippen molar-refractivity contribution in [2.24, 2.45) is 0 Å². The van der Waals surface area contributed by atoms with Crippen LogP contribution >= 0.6 is 22.0 Å². The second-order valence-electron chi connectivity index (χ2n) is 2.67. The lowest BCUT2D eigenvalue weighted by atomic mass is 10.4. The highest BCUT2D eigenvalue weighted by molar-refractivity contribution is 8.14. The highest BCUT2D eigenvalue weighted by Gasteiger charge is 2.22. The van der Waals surface area contributed by atoms with Gasteiger partial charge >= 0.3 is 0 Å². The summed E-state index contributed by atoms with van der Waals surface area (Å²) in [5.74, 6) is 0. The zero-order valence-electron chi connectivity index (χ0n) is 8.10. The summed E-state index contributed by atoms with van der Waals surface area (Å²) in [7, 11) is 1.28. The molecule has 1 aromatic heterocycles. The van der Waals surface area contributed by atoms with Crippen molar-refractivity contribution >= 4 is 31.1 Å². The highest BCUT2D eigenvalue weighted by Crippen LogP contribution is 2.28. The average Bonchev–Trinajstić information content (AvgIpc) is 2.47. The first kappa shape index (κ1) is 12.9. The van der Waals surface area contributed by atoms with Crippen LogP contribution in [-0.2, 0) is 13.8 Å². The first-order valence-electron chi connectivity index (χ1n) is 4.08. The number of aryl methyl sites for hydroxylation is 1. The number of hydrogen-bond donors (Lipinski definition) is 1. The van der Waals surface area contributed by atoms with Gasteiger partial charge in [-0.2, -0.15) is 0 Å². The predicted octanol–water partition coefficient (Wildman–Crippen LogP) is 1.41. The molecule has 1 rings (SSSR count). The zero-order chi connectivity index (χ0) is 11.6. The summed E-state index contributed by atoms with van der Waals surface area (Å²) >= 11 is 0.904. The Balaban J connectivity index is 3.07. The van der Waals surface area contributed by atoms with Gasteiger partial charge < -0.3 is 9.84 Å². The third kappa shape index (κ3) is 3.12. The zero-order valence-corrected chi connectivity index (χ0v) is 10.5. The molecule has 0 bridgehead atoms. The molecule has 0 amide bonds. The molecule has 86 valence electrons. The molecule has 0 aliphatic carbocycles. The van der Waals surface area contributed by atoms with Gasteiger partial charge in [-0.05, 0) is 13.8 Å². The maximum atomic E-state index is 11.0. The van der Waals surface area contributed by atoms with Gasteiger partial charge in [-0.1, -0.05) is 0 Å². The summed E-state index contributed by atoms with van der Waals surface area (Å²) < 4.78 is 26.6. The van der Waals surface area contributed by atoms with E-state index in [9.17, 15) is 13.5 Å². The lowest BCUT2D eigenvalue weighted by Gasteiger charge is -2.07. The molecule has 0 aromatic carbocycles. The fourth-order valence-electron chi connectivity index (χ4n) is 0.953. The van der Waals surface area contributed by atoms with Crippen molar-refractivity contribution in [3.63, 3.8) is 0 Å². The normalized spacial score (nSPS) is 14.1. The molecule has 0 fully saturated rings. The fourth-order valence-corrected chi connectivity index (χ4v) is 2.98. The van der Waals surface area contributed by atoms with Gasteiger partial charge in [-0.3, -0.25) is 0 Å². The Bertz CT molecular complexity index is 442. The van der Waals surface area contributed by atoms with Gasteiger partial charge in [0.2, 0.25) is 4.34 Å². The van der Waals surface area contributed by atoms with E-state index in [0.29, 0.717) is 11.5 Å². The first-order chi connectivity index (χ1) is 6.86. The molecule has 8 heteroatoms. The Morgan fingerprint density at radius 3 is 2.67 bits per heavy atom. The maximum absolute atomic E-state index is 11.0. The van der Waals surface area contributed by atoms with Gasteiger partial charge in [0.15, 0.2) is 6.29 Å². The van der Waals surface area contributed by atoms with E-state index in [-0.39, 0.29) is 10.0 Å². The molecule has 5 nitrogen and oxygen atoms in total. The number of aliphatic hydroxyl groups is 1. The summed E-state index contributed by atoms with van der Waals surface area (Å²) in [6.45, 7) is 3.66. The van der Waals surface area contributed by atoms with Crippen LogP contribution in [0.15, 0.2) is 4.34 Å². The second kappa shape index (κ2) is 4.75. The molecule has 1 N–H and O–H groups in total. The topological polar surface area (TPSA) is 76.5 Å². The number of aromatic nitrogens is 1. The minimum absolute atomic E-state index is 0.195. The van der Waals surface area contributed by atoms with Crippen LogP contribution in [0.2, 0.25) is 0 Å². The van der Waals surface area contributed by atoms with E-state index >= 15 is 0 Å². The molecule has 1 aromatic rings. The molecule has 1 atom stereocenters. The number of ether oxygens (including phenoxy) is 1. The SMILES string of the molecule is CCOC(O)c1nc(S(=O)(=O)Cl)sc1C. The van der Waals surface area contributed by atoms with Crippen LogP contribution in [-0.4, -0.2) is 25.1 Å². The summed E-state index contributed by atoms with van der Waals surface area (Å²) in [4.78, 5) is 4.29. The molecule has 0 spiro atoms. The molecule has 0 aliphatic heterocycles. The molecule has 15 heavy (non-hydrogen) atoms. The number of halogens is 1. The predicted molar refractivity (Wildman–Crippen MR) is 56.5 cm³/mol. The minimum atomic E-state index is -3.84. The molecular formula is C7H10ClNO4S2. The van der Waals surface area contributed by atoms with Crippen LogP contribution in [0.25, 0.3) is 0 Å². The molecule has 0 saturated heterocycles. The van der Waals surface area contributed by atoms with E-state index < -0.39 is 15.3 Å². The number of rotatable bonds is 4. The molecule has 0 radical (unpaired) electrons. The fraction of sp³-hybridized carbons (Fsp3) is 0.571. The van der Waals surface area contributed by atoms with E-state index in [2.05, 4.69) is 4.98 Å². The van der Waals surface area contributed by atoms with Crippen molar-refractivity contribution < 1.29 is 18.3 Å². The van der Waals surface area contributed by atoms with Crippen molar-refractivity contribution in [2.45, 2.75) is 24.5 Å². The van der Waals surface area contributed by atoms with Crippen molar-refractivity contribution in [1.82, 2.24) is 4.98 Å². The Morgan fingerprint density at radius 1 is 1.67 bits per heavy atom. The summed E-state index contributed by atoms with van der Waals surface area (Å²) in [5.41, 5.74) is 0.195. The van der Waals surface area contributed by atoms with Crippen LogP contribution in [0.5, 0.6) is 0 Å². The van der Waals surface area contributed by atoms with Gasteiger partial charge in [-0.25, -0.2) is 13.4 Å². The third-order valence-electron chi connectivity index (χ3n) is 1.58. The molecule has 1 heterocycles. The van der Waals surface area contributed by atoms with Gasteiger partial charge in [-0.15, -0.1) is 11.3 Å². The molecule has 0 aliphatic rings. The van der Waals surface area contributed by atoms with Gasteiger partial charge in [0.1, 0.15) is 5.69 Å². The Morgan fingerprint density at radius 2 is 2.27 bits per heavy atom. The lowest BCUT2D eigenvalue weighted by molar-refractivity contribution is -0.101. The van der Waals surface area contributed by atoms with Crippen LogP contribution in [0.3, 0.4) is 0 Å². The van der Waals surface area contributed by atoms with Crippen LogP contribution < -0.4 is 0 Å². The summed E-state index contributed by atoms with van der Waals surface area (Å²) in [5, 5.41) is 9.46. The van der Waals surface area contributed by atoms with Gasteiger partial charge in [0.05, 0.1) is 0 Å². The van der Waals surface area contributed by atoms with Crippen molar-refractivity contribution in [3.05, 3.63) is 10.6 Å². The quantitative estimate of drug-likeness (QED) is 0.662. The number of hydrogen-bond acceptors (Lipinski definition) is 6. The van der Waals surface area contributed by atoms with E-state index in [0.717, 1.165) is 11.3 Å². The first-order valence-corrected chi connectivity index (χ1v) is 7.20. The van der Waals surface area contributed by atoms with Gasteiger partial charge in [0.25, 0.3) is 9.05 Å². The van der Waals surface area contributed by atoms with Crippen LogP contribution in [0, 0.1) is 6.92 Å². The van der Waals surface area contributed by atoms with Gasteiger partial charge in [0, 0.05) is 22.2 Å². The smallest absolute Gasteiger partial charge is 0.288 e. The van der Waals surface area contributed by atoms with E-state index in [1.807, 2.05) is 0 Å². The number of aliphatic hydroxyl groups excluding tert-OH is 1. The number of nitrogens with zero attached hydrogens (tertiary/aromatic N) is 1. The third-order valence-corrected chi connectivity index (χ3v) is 4.49. The van der Waals surface area contributed by atoms with Crippen LogP contribution in [0.4, 0.5) is 0 Å². The monoisotopic (exact) mass is 271 g/mol.